The van der Waals surface area contributed by atoms with Crippen LogP contribution in [0.4, 0.5) is 9.59 Å². The van der Waals surface area contributed by atoms with Crippen molar-refractivity contribution in [1.29, 1.82) is 0 Å². The molecular weight excluding hydrogens is 458 g/mol. The molecule has 0 radical (unpaired) electrons. The van der Waals surface area contributed by atoms with Crippen LogP contribution in [-0.4, -0.2) is 65.1 Å². The fourth-order valence-electron chi connectivity index (χ4n) is 2.87. The topological polar surface area (TPSA) is 152 Å². The van der Waals surface area contributed by atoms with Crippen molar-refractivity contribution in [3.05, 3.63) is 35.9 Å². The molecule has 0 aliphatic carbocycles. The number of carboxylic acids is 1. The van der Waals surface area contributed by atoms with Crippen molar-refractivity contribution in [2.75, 3.05) is 6.54 Å². The second kappa shape index (κ2) is 12.9. The van der Waals surface area contributed by atoms with Gasteiger partial charge in [0.05, 0.1) is 18.2 Å². The van der Waals surface area contributed by atoms with Crippen molar-refractivity contribution in [2.45, 2.75) is 84.5 Å². The first kappa shape index (κ1) is 29.7. The molecule has 0 saturated heterocycles. The third kappa shape index (κ3) is 12.6. The first-order valence-electron chi connectivity index (χ1n) is 11.2. The van der Waals surface area contributed by atoms with E-state index in [1.165, 1.54) is 0 Å². The third-order valence-corrected chi connectivity index (χ3v) is 4.24. The fraction of sp³-hybridized carbons (Fsp3) is 0.583. The van der Waals surface area contributed by atoms with E-state index in [0.29, 0.717) is 0 Å². The summed E-state index contributed by atoms with van der Waals surface area (Å²) in [5.74, 6) is -2.21. The number of carbonyl (C=O) groups is 4. The number of hydrogen-bond donors (Lipinski definition) is 4. The number of hydrogen-bond acceptors (Lipinski definition) is 7. The van der Waals surface area contributed by atoms with E-state index in [1.807, 2.05) is 6.07 Å². The minimum Gasteiger partial charge on any atom is -0.480 e. The highest BCUT2D eigenvalue weighted by Crippen LogP contribution is 2.14. The molecule has 0 spiro atoms. The number of nitrogens with one attached hydrogen (secondary N) is 3. The lowest BCUT2D eigenvalue weighted by molar-refractivity contribution is -0.143. The zero-order valence-corrected chi connectivity index (χ0v) is 21.3. The van der Waals surface area contributed by atoms with Gasteiger partial charge in [0.1, 0.15) is 24.3 Å². The van der Waals surface area contributed by atoms with Gasteiger partial charge in [-0.05, 0) is 54.0 Å². The van der Waals surface area contributed by atoms with Crippen LogP contribution in [0.5, 0.6) is 0 Å². The summed E-state index contributed by atoms with van der Waals surface area (Å²) >= 11 is 0. The normalized spacial score (nSPS) is 14.1. The Balaban J connectivity index is 2.88. The van der Waals surface area contributed by atoms with Crippen molar-refractivity contribution >= 4 is 24.1 Å². The zero-order valence-electron chi connectivity index (χ0n) is 21.3. The van der Waals surface area contributed by atoms with E-state index in [1.54, 1.807) is 72.7 Å². The molecule has 1 aromatic rings. The Bertz CT molecular complexity index is 862. The minimum absolute atomic E-state index is 0.0208. The maximum atomic E-state index is 13.0. The lowest BCUT2D eigenvalue weighted by Crippen LogP contribution is -2.59. The van der Waals surface area contributed by atoms with Crippen LogP contribution in [0, 0.1) is 0 Å². The first-order chi connectivity index (χ1) is 16.1. The monoisotopic (exact) mass is 495 g/mol. The fourth-order valence-corrected chi connectivity index (χ4v) is 2.87. The molecule has 0 aromatic heterocycles. The van der Waals surface area contributed by atoms with Gasteiger partial charge >= 0.3 is 18.2 Å². The molecule has 1 rings (SSSR count). The van der Waals surface area contributed by atoms with Gasteiger partial charge in [-0.25, -0.2) is 14.4 Å². The van der Waals surface area contributed by atoms with Crippen molar-refractivity contribution < 1.29 is 38.5 Å². The smallest absolute Gasteiger partial charge is 0.408 e. The van der Waals surface area contributed by atoms with Crippen LogP contribution >= 0.6 is 0 Å². The van der Waals surface area contributed by atoms with E-state index >= 15 is 0 Å². The quantitative estimate of drug-likeness (QED) is 0.386. The van der Waals surface area contributed by atoms with Gasteiger partial charge < -0.3 is 35.3 Å². The summed E-state index contributed by atoms with van der Waals surface area (Å²) in [6.07, 6.45) is -2.55. The highest BCUT2D eigenvalue weighted by molar-refractivity contribution is 5.90. The minimum atomic E-state index is -1.48. The van der Waals surface area contributed by atoms with Crippen molar-refractivity contribution in [1.82, 2.24) is 16.0 Å². The number of alkyl carbamates (subject to hydrolysis) is 2. The molecule has 0 saturated carbocycles. The molecule has 35 heavy (non-hydrogen) atoms. The van der Waals surface area contributed by atoms with Crippen LogP contribution in [0.25, 0.3) is 0 Å². The molecule has 0 fully saturated rings. The van der Waals surface area contributed by atoms with Crippen molar-refractivity contribution in [2.24, 2.45) is 0 Å². The van der Waals surface area contributed by atoms with E-state index in [9.17, 15) is 24.3 Å². The van der Waals surface area contributed by atoms with E-state index in [0.717, 1.165) is 5.56 Å². The summed E-state index contributed by atoms with van der Waals surface area (Å²) in [6, 6.07) is 6.21. The molecule has 0 aliphatic heterocycles. The highest BCUT2D eigenvalue weighted by atomic mass is 16.6. The van der Waals surface area contributed by atoms with Gasteiger partial charge in [0.25, 0.3) is 0 Å². The predicted molar refractivity (Wildman–Crippen MR) is 128 cm³/mol. The number of rotatable bonds is 10. The van der Waals surface area contributed by atoms with Gasteiger partial charge in [0.15, 0.2) is 0 Å². The van der Waals surface area contributed by atoms with Crippen molar-refractivity contribution in [3.63, 3.8) is 0 Å². The van der Waals surface area contributed by atoms with E-state index in [4.69, 9.17) is 14.2 Å². The molecule has 196 valence electrons. The number of benzene rings is 1. The third-order valence-electron chi connectivity index (χ3n) is 4.24. The SMILES string of the molecule is CC(OC(C)(C)C)C(NC(=O)OCc1ccccc1)C(=O)N[C@H](CNC(=O)OC(C)(C)C)C(=O)O. The summed E-state index contributed by atoms with van der Waals surface area (Å²) in [4.78, 5) is 49.0. The van der Waals surface area contributed by atoms with Gasteiger partial charge in [-0.15, -0.1) is 0 Å². The summed E-state index contributed by atoms with van der Waals surface area (Å²) in [5, 5.41) is 16.6. The average Bonchev–Trinajstić information content (AvgIpc) is 2.71. The molecular formula is C24H37N3O8. The van der Waals surface area contributed by atoms with Crippen LogP contribution in [0.3, 0.4) is 0 Å². The van der Waals surface area contributed by atoms with Crippen LogP contribution in [0.1, 0.15) is 54.0 Å². The van der Waals surface area contributed by atoms with Gasteiger partial charge in [0, 0.05) is 0 Å². The lowest BCUT2D eigenvalue weighted by atomic mass is 10.1. The van der Waals surface area contributed by atoms with Crippen LogP contribution in [-0.2, 0) is 30.4 Å². The second-order valence-corrected chi connectivity index (χ2v) is 9.90. The molecule has 1 aromatic carbocycles. The number of ether oxygens (including phenoxy) is 3. The van der Waals surface area contributed by atoms with Gasteiger partial charge in [-0.1, -0.05) is 30.3 Å². The Morgan fingerprint density at radius 2 is 1.51 bits per heavy atom. The number of carboxylic acid groups (broad SMARTS) is 1. The largest absolute Gasteiger partial charge is 0.480 e. The molecule has 4 N–H and O–H groups in total. The lowest BCUT2D eigenvalue weighted by Gasteiger charge is -2.31. The molecule has 11 nitrogen and oxygen atoms in total. The number of aliphatic carboxylic acids is 1. The standard InChI is InChI=1S/C24H37N3O8/c1-15(34-23(2,3)4)18(27-22(32)33-14-16-11-9-8-10-12-16)19(28)26-17(20(29)30)13-25-21(31)35-24(5,6)7/h8-12,15,17-18H,13-14H2,1-7H3,(H,25,31)(H,26,28)(H,27,32)(H,29,30)/t15?,17-,18?/m1/s1. The molecule has 11 heteroatoms. The highest BCUT2D eigenvalue weighted by Gasteiger charge is 2.34. The van der Waals surface area contributed by atoms with Gasteiger partial charge in [-0.2, -0.15) is 0 Å². The van der Waals surface area contributed by atoms with E-state index in [-0.39, 0.29) is 6.61 Å². The first-order valence-corrected chi connectivity index (χ1v) is 11.2. The van der Waals surface area contributed by atoms with Crippen LogP contribution in [0.15, 0.2) is 30.3 Å². The van der Waals surface area contributed by atoms with E-state index in [2.05, 4.69) is 16.0 Å². The number of amides is 3. The Labute approximate surface area is 205 Å². The molecule has 2 unspecified atom stereocenters. The average molecular weight is 496 g/mol. The van der Waals surface area contributed by atoms with Crippen LogP contribution < -0.4 is 16.0 Å². The maximum absolute atomic E-state index is 13.0. The Hall–Kier alpha value is -3.34. The molecule has 0 aliphatic rings. The molecule has 0 bridgehead atoms. The van der Waals surface area contributed by atoms with Crippen LogP contribution in [0.2, 0.25) is 0 Å². The maximum Gasteiger partial charge on any atom is 0.408 e. The predicted octanol–water partition coefficient (Wildman–Crippen LogP) is 2.58. The molecule has 3 atom stereocenters. The summed E-state index contributed by atoms with van der Waals surface area (Å²) in [7, 11) is 0. The van der Waals surface area contributed by atoms with Gasteiger partial charge in [-0.3, -0.25) is 4.79 Å². The summed E-state index contributed by atoms with van der Waals surface area (Å²) < 4.78 is 16.1. The summed E-state index contributed by atoms with van der Waals surface area (Å²) in [6.45, 7) is 11.4. The second-order valence-electron chi connectivity index (χ2n) is 9.90. The summed E-state index contributed by atoms with van der Waals surface area (Å²) in [5.41, 5.74) is -0.680. The molecule has 3 amide bonds. The van der Waals surface area contributed by atoms with Gasteiger partial charge in [0.2, 0.25) is 5.91 Å². The molecule has 0 heterocycles. The van der Waals surface area contributed by atoms with E-state index < -0.39 is 60.0 Å². The number of carbonyl (C=O) groups excluding carboxylic acids is 3. The Kier molecular flexibility index (Phi) is 11.0. The van der Waals surface area contributed by atoms with Crippen molar-refractivity contribution in [3.8, 4) is 0 Å². The Morgan fingerprint density at radius 1 is 0.914 bits per heavy atom. The zero-order chi connectivity index (χ0) is 26.8. The Morgan fingerprint density at radius 3 is 2.03 bits per heavy atom.